The lowest BCUT2D eigenvalue weighted by molar-refractivity contribution is 0.0331. The van der Waals surface area contributed by atoms with E-state index < -0.39 is 0 Å². The van der Waals surface area contributed by atoms with E-state index in [2.05, 4.69) is 34.0 Å². The normalized spacial score (nSPS) is 15.3. The van der Waals surface area contributed by atoms with E-state index in [0.29, 0.717) is 6.54 Å². The highest BCUT2D eigenvalue weighted by Crippen LogP contribution is 2.33. The average molecular weight is 425 g/mol. The Balaban J connectivity index is 1.45. The van der Waals surface area contributed by atoms with E-state index in [-0.39, 0.29) is 5.69 Å². The molecule has 0 bridgehead atoms. The minimum absolute atomic E-state index is 0.190. The van der Waals surface area contributed by atoms with Gasteiger partial charge in [0.25, 0.3) is 0 Å². The molecule has 5 rings (SSSR count). The molecule has 0 aliphatic carbocycles. The third-order valence-corrected chi connectivity index (χ3v) is 6.69. The summed E-state index contributed by atoms with van der Waals surface area (Å²) in [6.45, 7) is 8.91. The summed E-state index contributed by atoms with van der Waals surface area (Å²) in [7, 11) is 0. The van der Waals surface area contributed by atoms with Crippen molar-refractivity contribution in [2.24, 2.45) is 0 Å². The average Bonchev–Trinajstić information content (AvgIpc) is 3.24. The third-order valence-electron chi connectivity index (χ3n) is 5.58. The zero-order valence-corrected chi connectivity index (χ0v) is 17.9. The predicted molar refractivity (Wildman–Crippen MR) is 119 cm³/mol. The largest absolute Gasteiger partial charge is 0.379 e. The summed E-state index contributed by atoms with van der Waals surface area (Å²) in [6.07, 6.45) is 0. The van der Waals surface area contributed by atoms with Crippen molar-refractivity contribution in [3.8, 4) is 0 Å². The number of morpholine rings is 1. The van der Waals surface area contributed by atoms with Gasteiger partial charge in [-0.05, 0) is 37.1 Å². The lowest BCUT2D eigenvalue weighted by Gasteiger charge is -2.25. The fourth-order valence-corrected chi connectivity index (χ4v) is 4.88. The monoisotopic (exact) mass is 424 g/mol. The number of rotatable bonds is 5. The van der Waals surface area contributed by atoms with E-state index in [1.165, 1.54) is 10.4 Å². The zero-order chi connectivity index (χ0) is 20.7. The summed E-state index contributed by atoms with van der Waals surface area (Å²) in [6, 6.07) is 5.92. The number of nitrogens with one attached hydrogen (secondary N) is 3. The molecule has 1 aliphatic rings. The Morgan fingerprint density at radius 3 is 2.80 bits per heavy atom. The van der Waals surface area contributed by atoms with Gasteiger partial charge in [0.15, 0.2) is 0 Å². The molecule has 3 aromatic heterocycles. The van der Waals surface area contributed by atoms with Crippen LogP contribution in [0.4, 0.5) is 5.82 Å². The number of H-pyrrole nitrogens is 2. The van der Waals surface area contributed by atoms with Crippen LogP contribution in [-0.4, -0.2) is 51.1 Å². The number of imidazole rings is 1. The summed E-state index contributed by atoms with van der Waals surface area (Å²) in [5, 5.41) is 4.61. The first kappa shape index (κ1) is 19.2. The molecule has 1 saturated heterocycles. The van der Waals surface area contributed by atoms with E-state index in [9.17, 15) is 4.79 Å². The lowest BCUT2D eigenvalue weighted by Crippen LogP contribution is -2.36. The lowest BCUT2D eigenvalue weighted by atomic mass is 10.2. The molecule has 0 atom stereocenters. The number of nitrogens with zero attached hydrogens (tertiary/aromatic N) is 3. The Hall–Kier alpha value is -2.75. The maximum atomic E-state index is 11.5. The van der Waals surface area contributed by atoms with E-state index in [1.807, 2.05) is 18.2 Å². The molecule has 3 N–H and O–H groups in total. The molecule has 1 aliphatic heterocycles. The van der Waals surface area contributed by atoms with Crippen molar-refractivity contribution < 1.29 is 4.74 Å². The van der Waals surface area contributed by atoms with Gasteiger partial charge in [0.1, 0.15) is 16.5 Å². The number of hydrogen-bond donors (Lipinski definition) is 3. The molecule has 9 heteroatoms. The van der Waals surface area contributed by atoms with E-state index in [4.69, 9.17) is 14.7 Å². The van der Waals surface area contributed by atoms with Crippen LogP contribution in [0.1, 0.15) is 21.8 Å². The van der Waals surface area contributed by atoms with Crippen molar-refractivity contribution >= 4 is 38.4 Å². The van der Waals surface area contributed by atoms with E-state index in [0.717, 1.165) is 71.3 Å². The summed E-state index contributed by atoms with van der Waals surface area (Å²) in [5.74, 6) is 1.70. The molecule has 1 aromatic carbocycles. The van der Waals surface area contributed by atoms with Gasteiger partial charge in [0, 0.05) is 24.5 Å². The van der Waals surface area contributed by atoms with Gasteiger partial charge >= 0.3 is 5.69 Å². The Morgan fingerprint density at radius 2 is 1.97 bits per heavy atom. The number of hydrogen-bond acceptors (Lipinski definition) is 7. The summed E-state index contributed by atoms with van der Waals surface area (Å²) < 4.78 is 5.45. The molecule has 0 saturated carbocycles. The van der Waals surface area contributed by atoms with Crippen molar-refractivity contribution in [2.75, 3.05) is 31.6 Å². The van der Waals surface area contributed by atoms with Crippen molar-refractivity contribution in [1.82, 2.24) is 24.8 Å². The number of thiophene rings is 1. The third kappa shape index (κ3) is 3.71. The number of benzene rings is 1. The van der Waals surface area contributed by atoms with Gasteiger partial charge < -0.3 is 20.0 Å². The number of anilines is 1. The van der Waals surface area contributed by atoms with E-state index >= 15 is 0 Å². The van der Waals surface area contributed by atoms with Crippen molar-refractivity contribution in [2.45, 2.75) is 26.9 Å². The molecular weight excluding hydrogens is 400 g/mol. The van der Waals surface area contributed by atoms with Gasteiger partial charge in [-0.25, -0.2) is 14.8 Å². The molecule has 4 heterocycles. The highest BCUT2D eigenvalue weighted by atomic mass is 32.1. The maximum absolute atomic E-state index is 11.5. The minimum atomic E-state index is -0.190. The van der Waals surface area contributed by atoms with Crippen LogP contribution in [0.5, 0.6) is 0 Å². The van der Waals surface area contributed by atoms with Crippen LogP contribution in [-0.2, 0) is 17.8 Å². The summed E-state index contributed by atoms with van der Waals surface area (Å²) in [5.41, 5.74) is 3.72. The van der Waals surface area contributed by atoms with Crippen LogP contribution in [0.25, 0.3) is 21.3 Å². The van der Waals surface area contributed by atoms with E-state index in [1.54, 1.807) is 11.3 Å². The minimum Gasteiger partial charge on any atom is -0.379 e. The predicted octanol–water partition coefficient (Wildman–Crippen LogP) is 2.92. The molecule has 0 unspecified atom stereocenters. The smallest absolute Gasteiger partial charge is 0.323 e. The number of aromatic nitrogens is 4. The second-order valence-electron chi connectivity index (χ2n) is 7.65. The number of fused-ring (bicyclic) bond motifs is 2. The second-order valence-corrected chi connectivity index (χ2v) is 8.86. The fourth-order valence-electron chi connectivity index (χ4n) is 3.83. The van der Waals surface area contributed by atoms with Crippen molar-refractivity contribution in [3.05, 3.63) is 50.5 Å². The van der Waals surface area contributed by atoms with Gasteiger partial charge in [-0.2, -0.15) is 0 Å². The Labute approximate surface area is 177 Å². The van der Waals surface area contributed by atoms with Gasteiger partial charge in [-0.1, -0.05) is 6.07 Å². The second kappa shape index (κ2) is 7.82. The van der Waals surface area contributed by atoms with Crippen LogP contribution in [0.15, 0.2) is 23.0 Å². The molecule has 8 nitrogen and oxygen atoms in total. The maximum Gasteiger partial charge on any atom is 0.323 e. The molecule has 0 radical (unpaired) electrons. The topological polar surface area (TPSA) is 98.9 Å². The van der Waals surface area contributed by atoms with Gasteiger partial charge in [0.05, 0.1) is 36.2 Å². The van der Waals surface area contributed by atoms with Crippen LogP contribution in [0.3, 0.4) is 0 Å². The van der Waals surface area contributed by atoms with Gasteiger partial charge in [-0.15, -0.1) is 11.3 Å². The summed E-state index contributed by atoms with van der Waals surface area (Å²) >= 11 is 1.72. The Bertz CT molecular complexity index is 1270. The van der Waals surface area contributed by atoms with Gasteiger partial charge in [0.2, 0.25) is 0 Å². The first-order valence-corrected chi connectivity index (χ1v) is 10.9. The van der Waals surface area contributed by atoms with Crippen LogP contribution in [0.2, 0.25) is 0 Å². The number of aromatic amines is 2. The van der Waals surface area contributed by atoms with Crippen molar-refractivity contribution in [3.63, 3.8) is 0 Å². The fraction of sp³-hybridized carbons (Fsp3) is 0.381. The zero-order valence-electron chi connectivity index (χ0n) is 17.0. The summed E-state index contributed by atoms with van der Waals surface area (Å²) in [4.78, 5) is 31.5. The quantitative estimate of drug-likeness (QED) is 0.456. The number of aryl methyl sites for hydroxylation is 2. The Kier molecular flexibility index (Phi) is 5.01. The molecule has 1 fully saturated rings. The van der Waals surface area contributed by atoms with Crippen LogP contribution in [0, 0.1) is 13.8 Å². The van der Waals surface area contributed by atoms with Crippen LogP contribution < -0.4 is 11.0 Å². The molecule has 156 valence electrons. The first-order chi connectivity index (χ1) is 14.6. The number of ether oxygens (including phenoxy) is 1. The molecule has 0 spiro atoms. The standard InChI is InChI=1S/C21H24N6O2S/c1-12-13(2)30-20-18(12)19(25-17(26-20)11-27-5-7-29-8-6-27)22-10-14-3-4-15-16(9-14)24-21(28)23-15/h3-4,9H,5-8,10-11H2,1-2H3,(H,22,25,26)(H2,23,24,28). The highest BCUT2D eigenvalue weighted by Gasteiger charge is 2.17. The highest BCUT2D eigenvalue weighted by molar-refractivity contribution is 7.18. The molecular formula is C21H24N6O2S. The van der Waals surface area contributed by atoms with Gasteiger partial charge in [-0.3, -0.25) is 4.90 Å². The molecule has 0 amide bonds. The Morgan fingerprint density at radius 1 is 1.17 bits per heavy atom. The van der Waals surface area contributed by atoms with Crippen molar-refractivity contribution in [1.29, 1.82) is 0 Å². The molecule has 4 aromatic rings. The van der Waals surface area contributed by atoms with Crippen LogP contribution >= 0.6 is 11.3 Å². The molecule has 30 heavy (non-hydrogen) atoms. The first-order valence-electron chi connectivity index (χ1n) is 10.1. The SMILES string of the molecule is Cc1sc2nc(CN3CCOCC3)nc(NCc3ccc4[nH]c(=O)[nH]c4c3)c2c1C.